The molecule has 0 aromatic heterocycles. The van der Waals surface area contributed by atoms with E-state index in [2.05, 4.69) is 6.92 Å². The summed E-state index contributed by atoms with van der Waals surface area (Å²) in [7, 11) is 1.46. The van der Waals surface area contributed by atoms with Crippen LogP contribution in [0.25, 0.3) is 0 Å². The molecular weight excluding hydrogens is 220 g/mol. The number of nitrogens with zero attached hydrogens (tertiary/aromatic N) is 2. The molecule has 1 atom stereocenters. The normalized spacial score (nSPS) is 15.1. The van der Waals surface area contributed by atoms with Gasteiger partial charge in [0, 0.05) is 32.9 Å². The summed E-state index contributed by atoms with van der Waals surface area (Å²) in [5, 5.41) is 0. The number of hydrogen-bond donors (Lipinski definition) is 0. The Bertz CT molecular complexity index is 252. The molecule has 0 aromatic carbocycles. The molecule has 6 heteroatoms. The fourth-order valence-electron chi connectivity index (χ4n) is 0.878. The first kappa shape index (κ1) is 14.2. The van der Waals surface area contributed by atoms with Crippen LogP contribution >= 0.6 is 11.8 Å². The van der Waals surface area contributed by atoms with E-state index >= 15 is 0 Å². The van der Waals surface area contributed by atoms with E-state index in [-0.39, 0.29) is 6.04 Å². The SMILES string of the molecule is CCSC[C@H](C)N(C)S(=O)(=O)N(C)C. The van der Waals surface area contributed by atoms with Gasteiger partial charge in [-0.1, -0.05) is 6.92 Å². The number of hydrogen-bond acceptors (Lipinski definition) is 3. The van der Waals surface area contributed by atoms with Crippen molar-refractivity contribution in [2.75, 3.05) is 32.6 Å². The average molecular weight is 240 g/mol. The second-order valence-electron chi connectivity index (χ2n) is 3.31. The molecule has 0 radical (unpaired) electrons. The van der Waals surface area contributed by atoms with E-state index < -0.39 is 10.2 Å². The lowest BCUT2D eigenvalue weighted by Crippen LogP contribution is -2.43. The van der Waals surface area contributed by atoms with Gasteiger partial charge in [0.1, 0.15) is 0 Å². The van der Waals surface area contributed by atoms with Crippen molar-refractivity contribution in [3.8, 4) is 0 Å². The highest BCUT2D eigenvalue weighted by Gasteiger charge is 2.24. The molecule has 0 aromatic rings. The van der Waals surface area contributed by atoms with Crippen molar-refractivity contribution in [1.82, 2.24) is 8.61 Å². The Labute approximate surface area is 91.8 Å². The minimum Gasteiger partial charge on any atom is -0.195 e. The van der Waals surface area contributed by atoms with Crippen molar-refractivity contribution in [3.05, 3.63) is 0 Å². The first-order valence-electron chi connectivity index (χ1n) is 4.57. The molecular formula is C8H20N2O2S2. The molecule has 0 rings (SSSR count). The van der Waals surface area contributed by atoms with Crippen LogP contribution < -0.4 is 0 Å². The Morgan fingerprint density at radius 2 is 1.79 bits per heavy atom. The van der Waals surface area contributed by atoms with Crippen LogP contribution in [0.3, 0.4) is 0 Å². The summed E-state index contributed by atoms with van der Waals surface area (Å²) in [6.07, 6.45) is 0. The predicted molar refractivity (Wildman–Crippen MR) is 62.8 cm³/mol. The van der Waals surface area contributed by atoms with E-state index in [0.717, 1.165) is 11.5 Å². The zero-order valence-electron chi connectivity index (χ0n) is 9.52. The van der Waals surface area contributed by atoms with Crippen molar-refractivity contribution in [1.29, 1.82) is 0 Å². The molecule has 0 N–H and O–H groups in total. The zero-order chi connectivity index (χ0) is 11.4. The Morgan fingerprint density at radius 1 is 1.29 bits per heavy atom. The fourth-order valence-corrected chi connectivity index (χ4v) is 2.82. The molecule has 0 heterocycles. The molecule has 0 unspecified atom stereocenters. The summed E-state index contributed by atoms with van der Waals surface area (Å²) in [5.74, 6) is 1.85. The Kier molecular flexibility index (Phi) is 6.04. The largest absolute Gasteiger partial charge is 0.281 e. The highest BCUT2D eigenvalue weighted by Crippen LogP contribution is 2.11. The molecule has 0 spiro atoms. The fraction of sp³-hybridized carbons (Fsp3) is 1.00. The summed E-state index contributed by atoms with van der Waals surface area (Å²) < 4.78 is 26.0. The summed E-state index contributed by atoms with van der Waals surface area (Å²) in [6, 6.07) is 0.0346. The lowest BCUT2D eigenvalue weighted by molar-refractivity contribution is 0.377. The Hall–Kier alpha value is 0.220. The number of thioether (sulfide) groups is 1. The van der Waals surface area contributed by atoms with Gasteiger partial charge in [-0.05, 0) is 12.7 Å². The molecule has 0 amide bonds. The van der Waals surface area contributed by atoms with E-state index in [1.54, 1.807) is 32.9 Å². The van der Waals surface area contributed by atoms with Gasteiger partial charge in [0.25, 0.3) is 10.2 Å². The monoisotopic (exact) mass is 240 g/mol. The molecule has 86 valence electrons. The van der Waals surface area contributed by atoms with Crippen molar-refractivity contribution in [3.63, 3.8) is 0 Å². The lowest BCUT2D eigenvalue weighted by atomic mass is 10.4. The zero-order valence-corrected chi connectivity index (χ0v) is 11.2. The van der Waals surface area contributed by atoms with Gasteiger partial charge in [0.2, 0.25) is 0 Å². The molecule has 0 aliphatic carbocycles. The second kappa shape index (κ2) is 5.95. The van der Waals surface area contributed by atoms with E-state index in [1.165, 1.54) is 8.61 Å². The third-order valence-electron chi connectivity index (χ3n) is 2.01. The van der Waals surface area contributed by atoms with Crippen LogP contribution in [0.15, 0.2) is 0 Å². The highest BCUT2D eigenvalue weighted by atomic mass is 32.2. The summed E-state index contributed by atoms with van der Waals surface area (Å²) in [5.41, 5.74) is 0. The van der Waals surface area contributed by atoms with E-state index in [0.29, 0.717) is 0 Å². The highest BCUT2D eigenvalue weighted by molar-refractivity contribution is 7.99. The van der Waals surface area contributed by atoms with Gasteiger partial charge in [-0.3, -0.25) is 0 Å². The van der Waals surface area contributed by atoms with Gasteiger partial charge < -0.3 is 0 Å². The topological polar surface area (TPSA) is 40.6 Å². The average Bonchev–Trinajstić information content (AvgIpc) is 2.12. The first-order valence-corrected chi connectivity index (χ1v) is 7.12. The van der Waals surface area contributed by atoms with Crippen LogP contribution in [0, 0.1) is 0 Å². The molecule has 0 aliphatic heterocycles. The van der Waals surface area contributed by atoms with Crippen LogP contribution in [-0.2, 0) is 10.2 Å². The predicted octanol–water partition coefficient (Wildman–Crippen LogP) is 0.866. The molecule has 0 saturated heterocycles. The second-order valence-corrected chi connectivity index (χ2v) is 6.84. The summed E-state index contributed by atoms with van der Waals surface area (Å²) in [6.45, 7) is 3.99. The summed E-state index contributed by atoms with van der Waals surface area (Å²) in [4.78, 5) is 0. The minimum atomic E-state index is -3.25. The third-order valence-corrected chi connectivity index (χ3v) is 5.15. The molecule has 0 bridgehead atoms. The standard InChI is InChI=1S/C8H20N2O2S2/c1-6-13-7-8(2)10(5)14(11,12)9(3)4/h8H,6-7H2,1-5H3/t8-/m0/s1. The Balaban J connectivity index is 4.38. The quantitative estimate of drug-likeness (QED) is 0.691. The van der Waals surface area contributed by atoms with E-state index in [9.17, 15) is 8.42 Å². The van der Waals surface area contributed by atoms with Gasteiger partial charge >= 0.3 is 0 Å². The maximum Gasteiger partial charge on any atom is 0.281 e. The van der Waals surface area contributed by atoms with Crippen molar-refractivity contribution in [2.24, 2.45) is 0 Å². The van der Waals surface area contributed by atoms with Gasteiger partial charge in [-0.25, -0.2) is 0 Å². The van der Waals surface area contributed by atoms with Crippen LogP contribution in [0.1, 0.15) is 13.8 Å². The molecule has 4 nitrogen and oxygen atoms in total. The van der Waals surface area contributed by atoms with Crippen molar-refractivity contribution in [2.45, 2.75) is 19.9 Å². The molecule has 0 fully saturated rings. The maximum atomic E-state index is 11.7. The molecule has 0 aliphatic rings. The van der Waals surface area contributed by atoms with Crippen molar-refractivity contribution >= 4 is 22.0 Å². The summed E-state index contributed by atoms with van der Waals surface area (Å²) >= 11 is 1.75. The van der Waals surface area contributed by atoms with Crippen molar-refractivity contribution < 1.29 is 8.42 Å². The molecule has 14 heavy (non-hydrogen) atoms. The smallest absolute Gasteiger partial charge is 0.195 e. The van der Waals surface area contributed by atoms with Gasteiger partial charge in [-0.15, -0.1) is 0 Å². The number of rotatable bonds is 6. The Morgan fingerprint density at radius 3 is 2.14 bits per heavy atom. The first-order chi connectivity index (χ1) is 6.34. The maximum absolute atomic E-state index is 11.7. The van der Waals surface area contributed by atoms with Crippen LogP contribution in [0.4, 0.5) is 0 Å². The van der Waals surface area contributed by atoms with Crippen LogP contribution in [-0.4, -0.2) is 55.7 Å². The van der Waals surface area contributed by atoms with Crippen LogP contribution in [0.5, 0.6) is 0 Å². The van der Waals surface area contributed by atoms with E-state index in [1.807, 2.05) is 6.92 Å². The van der Waals surface area contributed by atoms with Gasteiger partial charge in [0.05, 0.1) is 0 Å². The van der Waals surface area contributed by atoms with Crippen LogP contribution in [0.2, 0.25) is 0 Å². The molecule has 0 saturated carbocycles. The lowest BCUT2D eigenvalue weighted by Gasteiger charge is -2.26. The third kappa shape index (κ3) is 3.76. The van der Waals surface area contributed by atoms with E-state index in [4.69, 9.17) is 0 Å². The van der Waals surface area contributed by atoms with Gasteiger partial charge in [0.15, 0.2) is 0 Å². The van der Waals surface area contributed by atoms with Gasteiger partial charge in [-0.2, -0.15) is 28.8 Å². The minimum absolute atomic E-state index is 0.0346.